The van der Waals surface area contributed by atoms with Gasteiger partial charge in [0.25, 0.3) is 5.78 Å². The Hall–Kier alpha value is -4.57. The highest BCUT2D eigenvalue weighted by Crippen LogP contribution is 2.46. The van der Waals surface area contributed by atoms with Gasteiger partial charge in [0, 0.05) is 12.0 Å². The Morgan fingerprint density at radius 3 is 2.59 bits per heavy atom. The monoisotopic (exact) mass is 614 g/mol. The van der Waals surface area contributed by atoms with Crippen molar-refractivity contribution in [3.63, 3.8) is 0 Å². The number of fused-ring (bicyclic) bond motifs is 2. The van der Waals surface area contributed by atoms with E-state index in [4.69, 9.17) is 23.9 Å². The molecular weight excluding hydrogens is 580 g/mol. The maximum atomic E-state index is 13.8. The van der Waals surface area contributed by atoms with Crippen molar-refractivity contribution in [2.24, 2.45) is 0 Å². The predicted molar refractivity (Wildman–Crippen MR) is 169 cm³/mol. The fourth-order valence-electron chi connectivity index (χ4n) is 5.62. The Labute approximate surface area is 259 Å². The molecule has 6 rings (SSSR count). The van der Waals surface area contributed by atoms with Gasteiger partial charge in [-0.1, -0.05) is 24.3 Å². The maximum absolute atomic E-state index is 13.8. The van der Waals surface area contributed by atoms with Crippen LogP contribution in [0.5, 0.6) is 23.0 Å². The van der Waals surface area contributed by atoms with E-state index in [1.165, 1.54) is 16.2 Å². The number of hydrogen-bond acceptors (Lipinski definition) is 9. The van der Waals surface area contributed by atoms with Crippen molar-refractivity contribution in [1.82, 2.24) is 4.98 Å². The largest absolute Gasteiger partial charge is 0.507 e. The van der Waals surface area contributed by atoms with Crippen LogP contribution in [0, 0.1) is 0 Å². The number of aliphatic hydroxyl groups excluding tert-OH is 1. The number of aliphatic hydroxyl groups is 1. The molecule has 1 saturated heterocycles. The maximum Gasteiger partial charge on any atom is 0.301 e. The highest BCUT2D eigenvalue weighted by Gasteiger charge is 2.48. The summed E-state index contributed by atoms with van der Waals surface area (Å²) in [5, 5.41) is 12.1. The van der Waals surface area contributed by atoms with Gasteiger partial charge in [-0.15, -0.1) is 0 Å². The molecule has 228 valence electrons. The van der Waals surface area contributed by atoms with Crippen LogP contribution >= 0.6 is 11.3 Å². The number of rotatable bonds is 10. The van der Waals surface area contributed by atoms with Gasteiger partial charge in [0.2, 0.25) is 0 Å². The zero-order valence-electron chi connectivity index (χ0n) is 25.1. The smallest absolute Gasteiger partial charge is 0.301 e. The van der Waals surface area contributed by atoms with Crippen molar-refractivity contribution >= 4 is 44.1 Å². The first-order valence-corrected chi connectivity index (χ1v) is 15.7. The summed E-state index contributed by atoms with van der Waals surface area (Å²) in [6.45, 7) is 9.19. The number of thiazole rings is 1. The third-order valence-corrected chi connectivity index (χ3v) is 8.54. The van der Waals surface area contributed by atoms with Crippen molar-refractivity contribution in [3.8, 4) is 23.0 Å². The first-order chi connectivity index (χ1) is 21.3. The number of amides is 1. The summed E-state index contributed by atoms with van der Waals surface area (Å²) in [5.41, 5.74) is 2.58. The number of aromatic nitrogens is 1. The average Bonchev–Trinajstić information content (AvgIpc) is 3.68. The van der Waals surface area contributed by atoms with Crippen LogP contribution in [0.15, 0.2) is 60.2 Å². The highest BCUT2D eigenvalue weighted by atomic mass is 32.1. The zero-order chi connectivity index (χ0) is 31.0. The van der Waals surface area contributed by atoms with Gasteiger partial charge in [-0.05, 0) is 86.8 Å². The molecule has 0 bridgehead atoms. The van der Waals surface area contributed by atoms with E-state index < -0.39 is 17.7 Å². The number of benzene rings is 3. The van der Waals surface area contributed by atoms with Gasteiger partial charge in [0.15, 0.2) is 16.6 Å². The molecule has 3 heterocycles. The Morgan fingerprint density at radius 2 is 1.82 bits per heavy atom. The molecular formula is C34H34N2O7S. The molecule has 3 aromatic carbocycles. The van der Waals surface area contributed by atoms with Crippen LogP contribution in [0.4, 0.5) is 5.13 Å². The lowest BCUT2D eigenvalue weighted by molar-refractivity contribution is -0.132. The number of Topliss-reactive ketones (excluding diaryl/α,β-unsaturated/α-hetero) is 1. The van der Waals surface area contributed by atoms with Gasteiger partial charge in [0.1, 0.15) is 23.4 Å². The fourth-order valence-corrected chi connectivity index (χ4v) is 6.64. The van der Waals surface area contributed by atoms with Crippen molar-refractivity contribution in [1.29, 1.82) is 0 Å². The number of nitrogens with zero attached hydrogens (tertiary/aromatic N) is 2. The highest BCUT2D eigenvalue weighted by molar-refractivity contribution is 7.22. The minimum absolute atomic E-state index is 0.0145. The second-order valence-corrected chi connectivity index (χ2v) is 11.7. The molecule has 1 amide bonds. The second-order valence-electron chi connectivity index (χ2n) is 10.7. The topological polar surface area (TPSA) is 107 Å². The van der Waals surface area contributed by atoms with Gasteiger partial charge in [-0.2, -0.15) is 0 Å². The molecule has 0 unspecified atom stereocenters. The summed E-state index contributed by atoms with van der Waals surface area (Å²) in [4.78, 5) is 33.7. The Morgan fingerprint density at radius 1 is 1.00 bits per heavy atom. The standard InChI is InChI=1S/C34H34N2O7S/c1-5-14-42-26-13-8-20(17-27(26)41-7-3)30-29(31(37)21-9-12-25-22(16-21)15-19(4)43-25)32(38)33(39)36(30)34-35-24-11-10-23(40-6-2)18-28(24)44-34/h8-13,16-19,30,37H,5-7,14-15H2,1-4H3/b31-29+/t19-,30+/m0/s1. The first-order valence-electron chi connectivity index (χ1n) is 14.9. The number of hydrogen-bond donors (Lipinski definition) is 1. The molecule has 9 nitrogen and oxygen atoms in total. The Kier molecular flexibility index (Phi) is 8.18. The van der Waals surface area contributed by atoms with E-state index >= 15 is 0 Å². The van der Waals surface area contributed by atoms with Crippen molar-refractivity contribution < 1.29 is 33.6 Å². The lowest BCUT2D eigenvalue weighted by atomic mass is 9.94. The average molecular weight is 615 g/mol. The normalized spacial score (nSPS) is 18.9. The summed E-state index contributed by atoms with van der Waals surface area (Å²) in [5.74, 6) is 0.647. The van der Waals surface area contributed by atoms with Gasteiger partial charge >= 0.3 is 5.91 Å². The zero-order valence-corrected chi connectivity index (χ0v) is 25.9. The molecule has 0 aliphatic carbocycles. The molecule has 2 aliphatic rings. The number of carbonyl (C=O) groups excluding carboxylic acids is 2. The third-order valence-electron chi connectivity index (χ3n) is 7.52. The number of anilines is 1. The molecule has 44 heavy (non-hydrogen) atoms. The predicted octanol–water partition coefficient (Wildman–Crippen LogP) is 6.83. The van der Waals surface area contributed by atoms with Crippen LogP contribution in [0.2, 0.25) is 0 Å². The number of ketones is 1. The lowest BCUT2D eigenvalue weighted by Crippen LogP contribution is -2.29. The molecule has 2 aliphatic heterocycles. The number of ether oxygens (including phenoxy) is 4. The molecule has 0 radical (unpaired) electrons. The third kappa shape index (κ3) is 5.34. The molecule has 1 aromatic heterocycles. The summed E-state index contributed by atoms with van der Waals surface area (Å²) >= 11 is 1.28. The van der Waals surface area contributed by atoms with Gasteiger partial charge < -0.3 is 24.1 Å². The van der Waals surface area contributed by atoms with Crippen molar-refractivity contribution in [2.45, 2.75) is 52.7 Å². The van der Waals surface area contributed by atoms with Crippen LogP contribution in [-0.2, 0) is 16.0 Å². The van der Waals surface area contributed by atoms with E-state index in [0.29, 0.717) is 65.3 Å². The molecule has 1 fully saturated rings. The minimum atomic E-state index is -0.968. The van der Waals surface area contributed by atoms with Crippen LogP contribution in [0.25, 0.3) is 16.0 Å². The summed E-state index contributed by atoms with van der Waals surface area (Å²) in [6.07, 6.45) is 1.52. The fraction of sp³-hybridized carbons (Fsp3) is 0.324. The van der Waals surface area contributed by atoms with Crippen LogP contribution < -0.4 is 23.8 Å². The van der Waals surface area contributed by atoms with Gasteiger partial charge in [-0.25, -0.2) is 4.98 Å². The molecule has 1 N–H and O–H groups in total. The Bertz CT molecular complexity index is 1780. The second kappa shape index (κ2) is 12.2. The molecule has 10 heteroatoms. The van der Waals surface area contributed by atoms with E-state index in [1.807, 2.05) is 52.0 Å². The molecule has 2 atom stereocenters. The molecule has 0 saturated carbocycles. The van der Waals surface area contributed by atoms with E-state index in [2.05, 4.69) is 0 Å². The summed E-state index contributed by atoms with van der Waals surface area (Å²) in [6, 6.07) is 15.2. The van der Waals surface area contributed by atoms with Crippen LogP contribution in [0.1, 0.15) is 56.8 Å². The Balaban J connectivity index is 1.52. The van der Waals surface area contributed by atoms with E-state index in [0.717, 1.165) is 22.4 Å². The van der Waals surface area contributed by atoms with Crippen LogP contribution in [-0.4, -0.2) is 47.7 Å². The van der Waals surface area contributed by atoms with Gasteiger partial charge in [0.05, 0.1) is 41.7 Å². The number of carbonyl (C=O) groups is 2. The molecule has 4 aromatic rings. The van der Waals surface area contributed by atoms with Gasteiger partial charge in [-0.3, -0.25) is 14.5 Å². The first kappa shape index (κ1) is 29.5. The minimum Gasteiger partial charge on any atom is -0.507 e. The SMILES string of the molecule is CCCOc1ccc([C@@H]2/C(=C(\O)c3ccc4c(c3)C[C@H](C)O4)C(=O)C(=O)N2c2nc3ccc(OCC)cc3s2)cc1OCC. The van der Waals surface area contributed by atoms with E-state index in [9.17, 15) is 14.7 Å². The summed E-state index contributed by atoms with van der Waals surface area (Å²) in [7, 11) is 0. The quantitative estimate of drug-likeness (QED) is 0.118. The summed E-state index contributed by atoms with van der Waals surface area (Å²) < 4.78 is 24.1. The van der Waals surface area contributed by atoms with Crippen molar-refractivity contribution in [2.75, 3.05) is 24.7 Å². The van der Waals surface area contributed by atoms with E-state index in [1.54, 1.807) is 30.3 Å². The van der Waals surface area contributed by atoms with Crippen molar-refractivity contribution in [3.05, 3.63) is 76.9 Å². The van der Waals surface area contributed by atoms with E-state index in [-0.39, 0.29) is 17.4 Å². The lowest BCUT2D eigenvalue weighted by Gasteiger charge is -2.24. The van der Waals surface area contributed by atoms with Crippen LogP contribution in [0.3, 0.4) is 0 Å². The molecule has 0 spiro atoms.